The predicted octanol–water partition coefficient (Wildman–Crippen LogP) is 2.62. The lowest BCUT2D eigenvalue weighted by Crippen LogP contribution is -2.33. The molecule has 0 aliphatic rings. The highest BCUT2D eigenvalue weighted by Gasteiger charge is 2.24. The van der Waals surface area contributed by atoms with Crippen molar-refractivity contribution in [3.8, 4) is 11.8 Å². The fourth-order valence-corrected chi connectivity index (χ4v) is 1.85. The summed E-state index contributed by atoms with van der Waals surface area (Å²) in [6, 6.07) is 6.61. The minimum absolute atomic E-state index is 0.261. The van der Waals surface area contributed by atoms with E-state index in [2.05, 4.69) is 11.4 Å². The fourth-order valence-electron chi connectivity index (χ4n) is 1.85. The monoisotopic (exact) mass is 250 g/mol. The van der Waals surface area contributed by atoms with Crippen molar-refractivity contribution in [2.75, 3.05) is 20.2 Å². The minimum atomic E-state index is -0.268. The number of rotatable bonds is 6. The SMILES string of the molecule is COc1ccc(F)cc1C(C)(C)CNCCC#N. The maximum atomic E-state index is 13.3. The average molecular weight is 250 g/mol. The molecule has 0 unspecified atom stereocenters. The van der Waals surface area contributed by atoms with Crippen molar-refractivity contribution in [1.82, 2.24) is 5.32 Å². The Morgan fingerprint density at radius 2 is 2.17 bits per heavy atom. The molecule has 0 spiro atoms. The van der Waals surface area contributed by atoms with E-state index in [9.17, 15) is 4.39 Å². The van der Waals surface area contributed by atoms with E-state index in [1.165, 1.54) is 12.1 Å². The molecule has 0 saturated heterocycles. The highest BCUT2D eigenvalue weighted by atomic mass is 19.1. The van der Waals surface area contributed by atoms with E-state index in [1.54, 1.807) is 13.2 Å². The summed E-state index contributed by atoms with van der Waals surface area (Å²) < 4.78 is 18.6. The third kappa shape index (κ3) is 3.71. The van der Waals surface area contributed by atoms with Crippen molar-refractivity contribution in [2.24, 2.45) is 0 Å². The largest absolute Gasteiger partial charge is 0.496 e. The second-order valence-corrected chi connectivity index (χ2v) is 4.81. The topological polar surface area (TPSA) is 45.0 Å². The summed E-state index contributed by atoms with van der Waals surface area (Å²) in [4.78, 5) is 0. The molecule has 1 N–H and O–H groups in total. The number of halogens is 1. The Kier molecular flexibility index (Phi) is 5.11. The van der Waals surface area contributed by atoms with E-state index < -0.39 is 0 Å². The van der Waals surface area contributed by atoms with Crippen molar-refractivity contribution in [3.63, 3.8) is 0 Å². The van der Waals surface area contributed by atoms with Crippen LogP contribution in [0.4, 0.5) is 4.39 Å². The van der Waals surface area contributed by atoms with E-state index in [-0.39, 0.29) is 11.2 Å². The number of hydrogen-bond donors (Lipinski definition) is 1. The first-order valence-electron chi connectivity index (χ1n) is 5.93. The van der Waals surface area contributed by atoms with E-state index in [1.807, 2.05) is 13.8 Å². The van der Waals surface area contributed by atoms with Gasteiger partial charge < -0.3 is 10.1 Å². The van der Waals surface area contributed by atoms with Gasteiger partial charge >= 0.3 is 0 Å². The zero-order valence-electron chi connectivity index (χ0n) is 11.1. The second-order valence-electron chi connectivity index (χ2n) is 4.81. The van der Waals surface area contributed by atoms with Crippen LogP contribution >= 0.6 is 0 Å². The van der Waals surface area contributed by atoms with Gasteiger partial charge in [0.1, 0.15) is 11.6 Å². The maximum Gasteiger partial charge on any atom is 0.123 e. The van der Waals surface area contributed by atoms with Gasteiger partial charge in [-0.1, -0.05) is 13.8 Å². The van der Waals surface area contributed by atoms with Crippen molar-refractivity contribution < 1.29 is 9.13 Å². The molecule has 0 fully saturated rings. The van der Waals surface area contributed by atoms with Gasteiger partial charge in [0, 0.05) is 30.5 Å². The van der Waals surface area contributed by atoms with Gasteiger partial charge in [0.25, 0.3) is 0 Å². The van der Waals surface area contributed by atoms with Gasteiger partial charge in [-0.2, -0.15) is 5.26 Å². The van der Waals surface area contributed by atoms with E-state index >= 15 is 0 Å². The number of methoxy groups -OCH3 is 1. The smallest absolute Gasteiger partial charge is 0.123 e. The second kappa shape index (κ2) is 6.36. The third-order valence-corrected chi connectivity index (χ3v) is 2.87. The van der Waals surface area contributed by atoms with Gasteiger partial charge in [-0.25, -0.2) is 4.39 Å². The Labute approximate surface area is 108 Å². The van der Waals surface area contributed by atoms with Crippen LogP contribution in [0.15, 0.2) is 18.2 Å². The highest BCUT2D eigenvalue weighted by molar-refractivity contribution is 5.39. The Morgan fingerprint density at radius 1 is 1.44 bits per heavy atom. The molecule has 0 radical (unpaired) electrons. The Bertz CT molecular complexity index is 438. The molecule has 1 rings (SSSR count). The zero-order valence-corrected chi connectivity index (χ0v) is 11.1. The first kappa shape index (κ1) is 14.5. The number of nitriles is 1. The number of hydrogen-bond acceptors (Lipinski definition) is 3. The van der Waals surface area contributed by atoms with Crippen LogP contribution in [0.25, 0.3) is 0 Å². The van der Waals surface area contributed by atoms with Crippen molar-refractivity contribution >= 4 is 0 Å². The summed E-state index contributed by atoms with van der Waals surface area (Å²) in [6.07, 6.45) is 0.469. The summed E-state index contributed by atoms with van der Waals surface area (Å²) in [5.74, 6) is 0.416. The van der Waals surface area contributed by atoms with Crippen molar-refractivity contribution in [3.05, 3.63) is 29.6 Å². The number of benzene rings is 1. The van der Waals surface area contributed by atoms with Crippen LogP contribution in [0.5, 0.6) is 5.75 Å². The molecule has 0 amide bonds. The molecule has 98 valence electrons. The maximum absolute atomic E-state index is 13.3. The molecule has 0 aliphatic heterocycles. The summed E-state index contributed by atoms with van der Waals surface area (Å²) in [7, 11) is 1.58. The molecule has 0 heterocycles. The first-order valence-corrected chi connectivity index (χ1v) is 5.93. The molecule has 0 atom stereocenters. The van der Waals surface area contributed by atoms with Gasteiger partial charge in [-0.05, 0) is 18.2 Å². The van der Waals surface area contributed by atoms with E-state index in [0.29, 0.717) is 25.3 Å². The summed E-state index contributed by atoms with van der Waals surface area (Å²) in [6.45, 7) is 5.33. The molecule has 0 saturated carbocycles. The zero-order chi connectivity index (χ0) is 13.6. The first-order chi connectivity index (χ1) is 8.51. The Balaban J connectivity index is 2.83. The normalized spacial score (nSPS) is 11.1. The number of nitrogens with zero attached hydrogens (tertiary/aromatic N) is 1. The number of nitrogens with one attached hydrogen (secondary N) is 1. The quantitative estimate of drug-likeness (QED) is 0.789. The molecular weight excluding hydrogens is 231 g/mol. The van der Waals surface area contributed by atoms with Gasteiger partial charge in [0.15, 0.2) is 0 Å². The van der Waals surface area contributed by atoms with Crippen LogP contribution in [0.2, 0.25) is 0 Å². The van der Waals surface area contributed by atoms with Crippen LogP contribution in [-0.4, -0.2) is 20.2 Å². The predicted molar refractivity (Wildman–Crippen MR) is 69.1 cm³/mol. The van der Waals surface area contributed by atoms with Gasteiger partial charge in [-0.3, -0.25) is 0 Å². The number of ether oxygens (including phenoxy) is 1. The molecule has 3 nitrogen and oxygen atoms in total. The molecule has 0 aromatic heterocycles. The third-order valence-electron chi connectivity index (χ3n) is 2.87. The van der Waals surface area contributed by atoms with Gasteiger partial charge in [0.2, 0.25) is 0 Å². The molecular formula is C14H19FN2O. The van der Waals surface area contributed by atoms with Crippen LogP contribution in [0, 0.1) is 17.1 Å². The van der Waals surface area contributed by atoms with Crippen molar-refractivity contribution in [2.45, 2.75) is 25.7 Å². The molecule has 0 bridgehead atoms. The van der Waals surface area contributed by atoms with E-state index in [0.717, 1.165) is 5.56 Å². The lowest BCUT2D eigenvalue weighted by molar-refractivity contribution is 0.384. The van der Waals surface area contributed by atoms with E-state index in [4.69, 9.17) is 10.00 Å². The molecule has 1 aromatic rings. The highest BCUT2D eigenvalue weighted by Crippen LogP contribution is 2.31. The van der Waals surface area contributed by atoms with Crippen LogP contribution in [-0.2, 0) is 5.41 Å². The standard InChI is InChI=1S/C14H19FN2O/c1-14(2,10-17-8-4-7-16)12-9-11(15)5-6-13(12)18-3/h5-6,9,17H,4,8,10H2,1-3H3. The summed E-state index contributed by atoms with van der Waals surface area (Å²) in [5, 5.41) is 11.7. The van der Waals surface area contributed by atoms with Crippen LogP contribution in [0.3, 0.4) is 0 Å². The van der Waals surface area contributed by atoms with Crippen LogP contribution < -0.4 is 10.1 Å². The molecule has 0 aliphatic carbocycles. The average Bonchev–Trinajstić information content (AvgIpc) is 2.35. The Hall–Kier alpha value is -1.60. The van der Waals surface area contributed by atoms with Crippen molar-refractivity contribution in [1.29, 1.82) is 5.26 Å². The fraction of sp³-hybridized carbons (Fsp3) is 0.500. The van der Waals surface area contributed by atoms with Crippen LogP contribution in [0.1, 0.15) is 25.8 Å². The Morgan fingerprint density at radius 3 is 2.78 bits per heavy atom. The summed E-state index contributed by atoms with van der Waals surface area (Å²) >= 11 is 0. The lowest BCUT2D eigenvalue weighted by atomic mass is 9.83. The lowest BCUT2D eigenvalue weighted by Gasteiger charge is -2.27. The minimum Gasteiger partial charge on any atom is -0.496 e. The van der Waals surface area contributed by atoms with Gasteiger partial charge in [-0.15, -0.1) is 0 Å². The summed E-state index contributed by atoms with van der Waals surface area (Å²) in [5.41, 5.74) is 0.567. The molecule has 1 aromatic carbocycles. The van der Waals surface area contributed by atoms with Gasteiger partial charge in [0.05, 0.1) is 13.2 Å². The molecule has 18 heavy (non-hydrogen) atoms. The molecule has 4 heteroatoms.